The molecule has 0 rings (SSSR count). The number of hydrogen-bond acceptors (Lipinski definition) is 2. The Labute approximate surface area is 95.7 Å². The average molecular weight is 218 g/mol. The second-order valence-corrected chi connectivity index (χ2v) is 3.87. The van der Waals surface area contributed by atoms with E-state index in [1.54, 1.807) is 6.92 Å². The first-order valence-corrected chi connectivity index (χ1v) is 6.55. The van der Waals surface area contributed by atoms with Gasteiger partial charge in [-0.25, -0.2) is 0 Å². The van der Waals surface area contributed by atoms with Crippen LogP contribution in [0.2, 0.25) is 0 Å². The molecule has 2 heteroatoms. The molecule has 0 saturated carbocycles. The van der Waals surface area contributed by atoms with Crippen molar-refractivity contribution in [3.63, 3.8) is 0 Å². The van der Waals surface area contributed by atoms with Gasteiger partial charge in [0.25, 0.3) is 0 Å². The van der Waals surface area contributed by atoms with Crippen LogP contribution >= 0.6 is 0 Å². The highest BCUT2D eigenvalue weighted by atomic mass is 16.3. The van der Waals surface area contributed by atoms with Crippen molar-refractivity contribution in [2.24, 2.45) is 0 Å². The minimum absolute atomic E-state index is 0.250. The number of hydrogen-bond donors (Lipinski definition) is 2. The van der Waals surface area contributed by atoms with E-state index < -0.39 is 0 Å². The van der Waals surface area contributed by atoms with Gasteiger partial charge in [0.05, 0.1) is 0 Å². The van der Waals surface area contributed by atoms with Gasteiger partial charge in [-0.3, -0.25) is 0 Å². The molecule has 0 heterocycles. The summed E-state index contributed by atoms with van der Waals surface area (Å²) >= 11 is 0. The normalized spacial score (nSPS) is 9.60. The van der Waals surface area contributed by atoms with Gasteiger partial charge in [0.1, 0.15) is 0 Å². The van der Waals surface area contributed by atoms with E-state index in [9.17, 15) is 0 Å². The van der Waals surface area contributed by atoms with Crippen LogP contribution in [-0.4, -0.2) is 23.4 Å². The first kappa shape index (κ1) is 17.3. The second-order valence-electron chi connectivity index (χ2n) is 3.87. The van der Waals surface area contributed by atoms with Crippen molar-refractivity contribution in [3.8, 4) is 0 Å². The zero-order valence-electron chi connectivity index (χ0n) is 10.7. The van der Waals surface area contributed by atoms with Gasteiger partial charge in [0, 0.05) is 13.2 Å². The summed E-state index contributed by atoms with van der Waals surface area (Å²) in [5, 5.41) is 16.1. The van der Waals surface area contributed by atoms with Crippen molar-refractivity contribution in [1.82, 2.24) is 0 Å². The van der Waals surface area contributed by atoms with Crippen molar-refractivity contribution in [3.05, 3.63) is 0 Å². The SMILES string of the molecule is CCCCCCCCCCCO.CCO. The molecular weight excluding hydrogens is 188 g/mol. The summed E-state index contributed by atoms with van der Waals surface area (Å²) in [5.74, 6) is 0. The monoisotopic (exact) mass is 218 g/mol. The molecule has 0 aromatic rings. The lowest BCUT2D eigenvalue weighted by molar-refractivity contribution is 0.282. The van der Waals surface area contributed by atoms with E-state index >= 15 is 0 Å². The van der Waals surface area contributed by atoms with E-state index in [1.807, 2.05) is 0 Å². The van der Waals surface area contributed by atoms with Crippen LogP contribution in [0.4, 0.5) is 0 Å². The fraction of sp³-hybridized carbons (Fsp3) is 1.00. The standard InChI is InChI=1S/C11H24O.C2H6O/c1-2-3-4-5-6-7-8-9-10-11-12;1-2-3/h12H,2-11H2,1H3;3H,2H2,1H3. The first-order valence-electron chi connectivity index (χ1n) is 6.55. The third-order valence-electron chi connectivity index (χ3n) is 2.26. The van der Waals surface area contributed by atoms with E-state index in [0.717, 1.165) is 6.42 Å². The summed E-state index contributed by atoms with van der Waals surface area (Å²) in [6.45, 7) is 4.55. The van der Waals surface area contributed by atoms with Crippen molar-refractivity contribution in [1.29, 1.82) is 0 Å². The summed E-state index contributed by atoms with van der Waals surface area (Å²) < 4.78 is 0. The van der Waals surface area contributed by atoms with Crippen LogP contribution in [0.25, 0.3) is 0 Å². The maximum Gasteiger partial charge on any atom is 0.0431 e. The van der Waals surface area contributed by atoms with Gasteiger partial charge in [-0.2, -0.15) is 0 Å². The summed E-state index contributed by atoms with van der Waals surface area (Å²) in [4.78, 5) is 0. The van der Waals surface area contributed by atoms with E-state index in [1.165, 1.54) is 51.4 Å². The molecule has 0 aliphatic rings. The molecule has 94 valence electrons. The Hall–Kier alpha value is -0.0800. The lowest BCUT2D eigenvalue weighted by atomic mass is 10.1. The molecule has 0 spiro atoms. The second kappa shape index (κ2) is 19.5. The van der Waals surface area contributed by atoms with Gasteiger partial charge < -0.3 is 10.2 Å². The lowest BCUT2D eigenvalue weighted by Crippen LogP contribution is -1.84. The van der Waals surface area contributed by atoms with Crippen LogP contribution in [0.1, 0.15) is 71.6 Å². The van der Waals surface area contributed by atoms with Gasteiger partial charge in [-0.05, 0) is 13.3 Å². The van der Waals surface area contributed by atoms with Crippen LogP contribution in [0, 0.1) is 0 Å². The van der Waals surface area contributed by atoms with E-state index in [4.69, 9.17) is 10.2 Å². The molecule has 0 unspecified atom stereocenters. The Morgan fingerprint density at radius 1 is 0.600 bits per heavy atom. The highest BCUT2D eigenvalue weighted by molar-refractivity contribution is 4.45. The zero-order chi connectivity index (χ0) is 11.8. The fourth-order valence-electron chi connectivity index (χ4n) is 1.42. The zero-order valence-corrected chi connectivity index (χ0v) is 10.7. The largest absolute Gasteiger partial charge is 0.397 e. The van der Waals surface area contributed by atoms with Crippen molar-refractivity contribution < 1.29 is 10.2 Å². The molecule has 0 aromatic carbocycles. The van der Waals surface area contributed by atoms with Gasteiger partial charge in [0.2, 0.25) is 0 Å². The number of aliphatic hydroxyl groups excluding tert-OH is 2. The predicted octanol–water partition coefficient (Wildman–Crippen LogP) is 3.51. The molecule has 0 saturated heterocycles. The van der Waals surface area contributed by atoms with Crippen LogP contribution in [-0.2, 0) is 0 Å². The molecule has 0 aliphatic heterocycles. The van der Waals surface area contributed by atoms with E-state index in [0.29, 0.717) is 6.61 Å². The van der Waals surface area contributed by atoms with Crippen molar-refractivity contribution in [2.75, 3.05) is 13.2 Å². The third-order valence-corrected chi connectivity index (χ3v) is 2.26. The lowest BCUT2D eigenvalue weighted by Gasteiger charge is -1.99. The molecule has 0 fully saturated rings. The van der Waals surface area contributed by atoms with Crippen LogP contribution in [0.3, 0.4) is 0 Å². The minimum atomic E-state index is 0.250. The maximum atomic E-state index is 8.54. The maximum absolute atomic E-state index is 8.54. The molecule has 0 atom stereocenters. The Morgan fingerprint density at radius 2 is 0.933 bits per heavy atom. The fourth-order valence-corrected chi connectivity index (χ4v) is 1.42. The molecule has 2 nitrogen and oxygen atoms in total. The smallest absolute Gasteiger partial charge is 0.0431 e. The molecule has 0 bridgehead atoms. The van der Waals surface area contributed by atoms with E-state index in [2.05, 4.69) is 6.92 Å². The van der Waals surface area contributed by atoms with Gasteiger partial charge >= 0.3 is 0 Å². The van der Waals surface area contributed by atoms with Crippen molar-refractivity contribution in [2.45, 2.75) is 71.6 Å². The summed E-state index contributed by atoms with van der Waals surface area (Å²) in [6.07, 6.45) is 11.8. The van der Waals surface area contributed by atoms with Gasteiger partial charge in [0.15, 0.2) is 0 Å². The Bertz CT molecular complexity index is 74.6. The van der Waals surface area contributed by atoms with Crippen LogP contribution in [0.15, 0.2) is 0 Å². The molecule has 0 amide bonds. The molecule has 2 N–H and O–H groups in total. The highest BCUT2D eigenvalue weighted by Gasteiger charge is 1.90. The molecular formula is C13H30O2. The molecule has 15 heavy (non-hydrogen) atoms. The summed E-state index contributed by atoms with van der Waals surface area (Å²) in [7, 11) is 0. The van der Waals surface area contributed by atoms with Crippen LogP contribution < -0.4 is 0 Å². The first-order chi connectivity index (χ1) is 7.33. The molecule has 0 aliphatic carbocycles. The summed E-state index contributed by atoms with van der Waals surface area (Å²) in [6, 6.07) is 0. The Balaban J connectivity index is 0. The van der Waals surface area contributed by atoms with Gasteiger partial charge in [-0.15, -0.1) is 0 Å². The topological polar surface area (TPSA) is 40.5 Å². The van der Waals surface area contributed by atoms with E-state index in [-0.39, 0.29) is 6.61 Å². The van der Waals surface area contributed by atoms with Crippen LogP contribution in [0.5, 0.6) is 0 Å². The van der Waals surface area contributed by atoms with Gasteiger partial charge in [-0.1, -0.05) is 58.3 Å². The molecule has 0 aromatic heterocycles. The third kappa shape index (κ3) is 24.9. The number of unbranched alkanes of at least 4 members (excludes halogenated alkanes) is 8. The predicted molar refractivity (Wildman–Crippen MR) is 67.1 cm³/mol. The average Bonchev–Trinajstić information content (AvgIpc) is 2.23. The summed E-state index contributed by atoms with van der Waals surface area (Å²) in [5.41, 5.74) is 0. The number of rotatable bonds is 9. The highest BCUT2D eigenvalue weighted by Crippen LogP contribution is 2.08. The van der Waals surface area contributed by atoms with Crippen molar-refractivity contribution >= 4 is 0 Å². The Kier molecular flexibility index (Phi) is 22.5. The minimum Gasteiger partial charge on any atom is -0.397 e. The number of aliphatic hydroxyl groups is 2. The Morgan fingerprint density at radius 3 is 1.27 bits per heavy atom. The quantitative estimate of drug-likeness (QED) is 0.581. The molecule has 0 radical (unpaired) electrons.